The van der Waals surface area contributed by atoms with E-state index < -0.39 is 0 Å². The quantitative estimate of drug-likeness (QED) is 0.190. The number of nitrogens with zero attached hydrogens (tertiary/aromatic N) is 6. The number of aryl methyl sites for hydroxylation is 1. The highest BCUT2D eigenvalue weighted by Gasteiger charge is 2.21. The van der Waals surface area contributed by atoms with Crippen LogP contribution in [0.2, 0.25) is 0 Å². The van der Waals surface area contributed by atoms with E-state index in [1.165, 1.54) is 5.56 Å². The average molecular weight is 626 g/mol. The maximum absolute atomic E-state index is 10.3. The van der Waals surface area contributed by atoms with Crippen molar-refractivity contribution in [2.24, 2.45) is 0 Å². The monoisotopic (exact) mass is 625 g/mol. The average Bonchev–Trinajstić information content (AvgIpc) is 3.50. The fourth-order valence-electron chi connectivity index (χ4n) is 6.25. The number of rotatable bonds is 7. The van der Waals surface area contributed by atoms with Crippen molar-refractivity contribution in [1.82, 2.24) is 24.4 Å². The molecule has 0 bridgehead atoms. The first-order valence-electron chi connectivity index (χ1n) is 16.5. The molecule has 0 radical (unpaired) electrons. The van der Waals surface area contributed by atoms with Gasteiger partial charge in [-0.05, 0) is 84.5 Å². The van der Waals surface area contributed by atoms with Crippen LogP contribution in [-0.4, -0.2) is 55.7 Å². The highest BCUT2D eigenvalue weighted by molar-refractivity contribution is 5.85. The number of nitrogen functional groups attached to an aromatic ring is 1. The van der Waals surface area contributed by atoms with Crippen LogP contribution in [0.25, 0.3) is 39.9 Å². The highest BCUT2D eigenvalue weighted by atomic mass is 16.3. The Morgan fingerprint density at radius 2 is 1.74 bits per heavy atom. The van der Waals surface area contributed by atoms with Crippen molar-refractivity contribution >= 4 is 34.3 Å². The van der Waals surface area contributed by atoms with Crippen molar-refractivity contribution in [1.29, 1.82) is 0 Å². The van der Waals surface area contributed by atoms with Gasteiger partial charge in [0, 0.05) is 56.4 Å². The zero-order valence-corrected chi connectivity index (χ0v) is 27.5. The van der Waals surface area contributed by atoms with Crippen LogP contribution in [0.5, 0.6) is 5.75 Å². The predicted octanol–water partition coefficient (Wildman–Crippen LogP) is 7.80. The molecule has 3 aromatic heterocycles. The maximum atomic E-state index is 10.3. The minimum atomic E-state index is 0.326. The zero-order chi connectivity index (χ0) is 32.9. The summed E-state index contributed by atoms with van der Waals surface area (Å²) in [7, 11) is 0. The lowest BCUT2D eigenvalue weighted by Crippen LogP contribution is -2.46. The van der Waals surface area contributed by atoms with E-state index in [-0.39, 0.29) is 0 Å². The van der Waals surface area contributed by atoms with E-state index >= 15 is 0 Å². The molecule has 0 spiro atoms. The van der Waals surface area contributed by atoms with Crippen molar-refractivity contribution < 1.29 is 5.11 Å². The lowest BCUT2D eigenvalue weighted by Gasteiger charge is -2.37. The van der Waals surface area contributed by atoms with E-state index in [0.29, 0.717) is 11.6 Å². The van der Waals surface area contributed by atoms with E-state index in [1.807, 2.05) is 63.2 Å². The largest absolute Gasteiger partial charge is 0.508 e. The second-order valence-corrected chi connectivity index (χ2v) is 11.7. The van der Waals surface area contributed by atoms with E-state index in [4.69, 9.17) is 15.7 Å². The number of allylic oxidation sites excluding steroid dienone is 4. The molecule has 8 nitrogen and oxygen atoms in total. The van der Waals surface area contributed by atoms with Gasteiger partial charge in [0.1, 0.15) is 17.1 Å². The van der Waals surface area contributed by atoms with E-state index in [9.17, 15) is 5.11 Å². The number of phenols is 1. The van der Waals surface area contributed by atoms with Crippen LogP contribution in [0.1, 0.15) is 49.1 Å². The van der Waals surface area contributed by atoms with Crippen molar-refractivity contribution in [3.05, 3.63) is 114 Å². The molecule has 1 saturated heterocycles. The second-order valence-electron chi connectivity index (χ2n) is 11.7. The van der Waals surface area contributed by atoms with Gasteiger partial charge in [0.05, 0.1) is 11.3 Å². The standard InChI is InChI=1S/C37H37N7O.C2H6/c1-3-27-22-25(2)34(45)23-33(27)43-20-18-42(19-21-43)24-26-11-13-29(14-12-26)44-36(30-10-7-17-39-35(30)38)41-32-16-15-31(40-37(32)44)28-8-5-4-6-9-28;1-2/h3,5,7-17,22-23,45H,1,4,6,18-21,24H2,2H3,(H2,38,39);1-2H3. The molecule has 2 aliphatic rings. The molecule has 1 fully saturated rings. The summed E-state index contributed by atoms with van der Waals surface area (Å²) in [6.07, 6.45) is 12.2. The number of nitrogens with two attached hydrogens (primary N) is 1. The lowest BCUT2D eigenvalue weighted by molar-refractivity contribution is 0.250. The molecule has 5 aromatic rings. The Kier molecular flexibility index (Phi) is 9.50. The molecule has 240 valence electrons. The van der Waals surface area contributed by atoms with Crippen LogP contribution in [0.3, 0.4) is 0 Å². The smallest absolute Gasteiger partial charge is 0.165 e. The maximum Gasteiger partial charge on any atom is 0.165 e. The number of fused-ring (bicyclic) bond motifs is 1. The molecular formula is C39H43N7O. The van der Waals surface area contributed by atoms with Gasteiger partial charge in [-0.2, -0.15) is 0 Å². The number of piperazine rings is 1. The Labute approximate surface area is 277 Å². The number of pyridine rings is 2. The number of phenolic OH excluding ortho intramolecular Hbond substituents is 1. The topological polar surface area (TPSA) is 96.3 Å². The molecule has 4 heterocycles. The minimum absolute atomic E-state index is 0.326. The molecule has 0 atom stereocenters. The summed E-state index contributed by atoms with van der Waals surface area (Å²) >= 11 is 0. The molecule has 3 N–H and O–H groups in total. The third-order valence-electron chi connectivity index (χ3n) is 8.75. The fraction of sp³-hybridized carbons (Fsp3) is 0.256. The molecule has 0 amide bonds. The van der Waals surface area contributed by atoms with Gasteiger partial charge >= 0.3 is 0 Å². The van der Waals surface area contributed by atoms with Gasteiger partial charge in [-0.1, -0.05) is 56.9 Å². The number of imidazole rings is 1. The summed E-state index contributed by atoms with van der Waals surface area (Å²) in [6, 6.07) is 20.5. The van der Waals surface area contributed by atoms with Gasteiger partial charge in [0.15, 0.2) is 11.5 Å². The third kappa shape index (κ3) is 6.55. The molecular weight excluding hydrogens is 582 g/mol. The predicted molar refractivity (Wildman–Crippen MR) is 195 cm³/mol. The van der Waals surface area contributed by atoms with Crippen LogP contribution in [0, 0.1) is 6.92 Å². The lowest BCUT2D eigenvalue weighted by atomic mass is 10.0. The van der Waals surface area contributed by atoms with Crippen molar-refractivity contribution in [3.8, 4) is 22.8 Å². The van der Waals surface area contributed by atoms with E-state index in [0.717, 1.165) is 102 Å². The highest BCUT2D eigenvalue weighted by Crippen LogP contribution is 2.33. The Morgan fingerprint density at radius 1 is 0.957 bits per heavy atom. The summed E-state index contributed by atoms with van der Waals surface area (Å²) in [6.45, 7) is 14.4. The number of aromatic nitrogens is 4. The first-order chi connectivity index (χ1) is 23.0. The third-order valence-corrected chi connectivity index (χ3v) is 8.75. The fourth-order valence-corrected chi connectivity index (χ4v) is 6.25. The number of hydrogen-bond acceptors (Lipinski definition) is 7. The number of anilines is 2. The number of aromatic hydroxyl groups is 1. The molecule has 0 unspecified atom stereocenters. The first kappa shape index (κ1) is 31.8. The second kappa shape index (κ2) is 14.1. The molecule has 8 heteroatoms. The van der Waals surface area contributed by atoms with Crippen molar-refractivity contribution in [2.75, 3.05) is 36.8 Å². The van der Waals surface area contributed by atoms with Crippen molar-refractivity contribution in [2.45, 2.75) is 40.2 Å². The Hall–Kier alpha value is -5.21. The van der Waals surface area contributed by atoms with Crippen LogP contribution < -0.4 is 10.6 Å². The number of benzene rings is 2. The molecule has 2 aromatic carbocycles. The van der Waals surface area contributed by atoms with Gasteiger partial charge in [0.2, 0.25) is 0 Å². The Balaban J connectivity index is 0.00000190. The Bertz CT molecular complexity index is 1950. The summed E-state index contributed by atoms with van der Waals surface area (Å²) < 4.78 is 2.09. The van der Waals surface area contributed by atoms with Crippen molar-refractivity contribution in [3.63, 3.8) is 0 Å². The normalized spacial score (nSPS) is 14.9. The van der Waals surface area contributed by atoms with Gasteiger partial charge < -0.3 is 15.7 Å². The van der Waals surface area contributed by atoms with Gasteiger partial charge in [-0.3, -0.25) is 9.47 Å². The summed E-state index contributed by atoms with van der Waals surface area (Å²) in [5.41, 5.74) is 16.0. The summed E-state index contributed by atoms with van der Waals surface area (Å²) in [5, 5.41) is 10.3. The first-order valence-corrected chi connectivity index (χ1v) is 16.5. The summed E-state index contributed by atoms with van der Waals surface area (Å²) in [4.78, 5) is 19.2. The van der Waals surface area contributed by atoms with Gasteiger partial charge in [-0.15, -0.1) is 0 Å². The van der Waals surface area contributed by atoms with Gasteiger partial charge in [0.25, 0.3) is 0 Å². The van der Waals surface area contributed by atoms with Crippen LogP contribution in [0.4, 0.5) is 11.5 Å². The van der Waals surface area contributed by atoms with E-state index in [2.05, 4.69) is 68.4 Å². The summed E-state index contributed by atoms with van der Waals surface area (Å²) in [5.74, 6) is 1.48. The SMILES string of the molecule is C=Cc1cc(C)c(O)cc1N1CCN(Cc2ccc(-n3c(-c4cccnc4N)nc4ccc(C5=CCCC=C5)nc43)cc2)CC1.CC. The van der Waals surface area contributed by atoms with Gasteiger partial charge in [-0.25, -0.2) is 15.0 Å². The van der Waals surface area contributed by atoms with Crippen LogP contribution in [-0.2, 0) is 6.54 Å². The van der Waals surface area contributed by atoms with Crippen LogP contribution in [0.15, 0.2) is 91.7 Å². The number of hydrogen-bond donors (Lipinski definition) is 2. The van der Waals surface area contributed by atoms with E-state index in [1.54, 1.807) is 6.20 Å². The molecule has 7 rings (SSSR count). The molecule has 0 saturated carbocycles. The Morgan fingerprint density at radius 3 is 2.45 bits per heavy atom. The minimum Gasteiger partial charge on any atom is -0.508 e. The molecule has 1 aliphatic heterocycles. The molecule has 1 aliphatic carbocycles. The molecule has 47 heavy (non-hydrogen) atoms. The zero-order valence-electron chi connectivity index (χ0n) is 27.5. The van der Waals surface area contributed by atoms with Crippen LogP contribution >= 0.6 is 0 Å².